The molecule has 2 nitrogen and oxygen atoms in total. The molecule has 102 valence electrons. The lowest BCUT2D eigenvalue weighted by atomic mass is 10.1. The number of imidazole rings is 1. The van der Waals surface area contributed by atoms with Crippen molar-refractivity contribution in [1.82, 2.24) is 9.97 Å². The molecule has 0 bridgehead atoms. The lowest BCUT2D eigenvalue weighted by molar-refractivity contribution is 0.447. The Hall–Kier alpha value is -2.30. The highest BCUT2D eigenvalue weighted by atomic mass is 19.2. The number of benzene rings is 2. The van der Waals surface area contributed by atoms with E-state index in [2.05, 4.69) is 9.97 Å². The number of hydrogen-bond donors (Lipinski definition) is 1. The van der Waals surface area contributed by atoms with Crippen LogP contribution in [0, 0.1) is 31.3 Å². The van der Waals surface area contributed by atoms with Crippen molar-refractivity contribution in [2.24, 2.45) is 0 Å². The quantitative estimate of drug-likeness (QED) is 0.661. The van der Waals surface area contributed by atoms with Crippen molar-refractivity contribution >= 4 is 11.0 Å². The van der Waals surface area contributed by atoms with E-state index in [0.717, 1.165) is 34.3 Å². The molecule has 5 heteroatoms. The second-order valence-electron chi connectivity index (χ2n) is 4.82. The van der Waals surface area contributed by atoms with Gasteiger partial charge < -0.3 is 4.98 Å². The number of halogens is 3. The Morgan fingerprint density at radius 1 is 0.950 bits per heavy atom. The van der Waals surface area contributed by atoms with E-state index in [1.165, 1.54) is 0 Å². The summed E-state index contributed by atoms with van der Waals surface area (Å²) in [7, 11) is 0. The molecule has 3 aromatic rings. The molecule has 0 unspecified atom stereocenters. The number of nitrogens with one attached hydrogen (secondary N) is 1. The minimum absolute atomic E-state index is 0.176. The standard InChI is InChI=1S/C15H11F3N2/c1-7-3-8(2)14-12(4-7)19-15(20-14)9-5-10(16)13(18)11(17)6-9/h3-6H,1-2H3,(H,19,20). The maximum atomic E-state index is 13.3. The molecule has 0 saturated heterocycles. The first kappa shape index (κ1) is 12.7. The first-order valence-corrected chi connectivity index (χ1v) is 6.07. The van der Waals surface area contributed by atoms with Crippen LogP contribution < -0.4 is 0 Å². The van der Waals surface area contributed by atoms with Crippen LogP contribution in [0.25, 0.3) is 22.4 Å². The van der Waals surface area contributed by atoms with Gasteiger partial charge in [-0.2, -0.15) is 0 Å². The van der Waals surface area contributed by atoms with Crippen molar-refractivity contribution in [3.63, 3.8) is 0 Å². The fourth-order valence-corrected chi connectivity index (χ4v) is 2.30. The van der Waals surface area contributed by atoms with Crippen LogP contribution in [0.3, 0.4) is 0 Å². The van der Waals surface area contributed by atoms with Gasteiger partial charge in [0.1, 0.15) is 5.82 Å². The Kier molecular flexibility index (Phi) is 2.78. The zero-order chi connectivity index (χ0) is 14.4. The molecule has 1 aromatic heterocycles. The van der Waals surface area contributed by atoms with Gasteiger partial charge in [0.05, 0.1) is 11.0 Å². The van der Waals surface area contributed by atoms with Crippen LogP contribution in [-0.4, -0.2) is 9.97 Å². The second kappa shape index (κ2) is 4.37. The van der Waals surface area contributed by atoms with Gasteiger partial charge in [0.2, 0.25) is 0 Å². The first-order valence-electron chi connectivity index (χ1n) is 6.07. The summed E-state index contributed by atoms with van der Waals surface area (Å²) in [5.41, 5.74) is 3.71. The summed E-state index contributed by atoms with van der Waals surface area (Å²) in [6.07, 6.45) is 0. The summed E-state index contributed by atoms with van der Waals surface area (Å²) < 4.78 is 39.5. The molecule has 0 radical (unpaired) electrons. The van der Waals surface area contributed by atoms with Crippen molar-refractivity contribution in [3.05, 3.63) is 52.8 Å². The molecular formula is C15H11F3N2. The minimum atomic E-state index is -1.48. The monoisotopic (exact) mass is 276 g/mol. The van der Waals surface area contributed by atoms with E-state index in [1.807, 2.05) is 26.0 Å². The predicted octanol–water partition coefficient (Wildman–Crippen LogP) is 4.26. The summed E-state index contributed by atoms with van der Waals surface area (Å²) in [6.45, 7) is 3.86. The molecule has 1 heterocycles. The maximum Gasteiger partial charge on any atom is 0.194 e. The van der Waals surface area contributed by atoms with Crippen LogP contribution in [0.4, 0.5) is 13.2 Å². The summed E-state index contributed by atoms with van der Waals surface area (Å²) in [5, 5.41) is 0. The number of aromatic amines is 1. The highest BCUT2D eigenvalue weighted by Gasteiger charge is 2.14. The average molecular weight is 276 g/mol. The number of hydrogen-bond acceptors (Lipinski definition) is 1. The molecule has 0 aliphatic carbocycles. The Morgan fingerprint density at radius 3 is 2.25 bits per heavy atom. The molecule has 2 aromatic carbocycles. The predicted molar refractivity (Wildman–Crippen MR) is 70.9 cm³/mol. The molecule has 0 atom stereocenters. The zero-order valence-corrected chi connectivity index (χ0v) is 10.9. The highest BCUT2D eigenvalue weighted by Crippen LogP contribution is 2.26. The van der Waals surface area contributed by atoms with Gasteiger partial charge in [-0.25, -0.2) is 18.2 Å². The van der Waals surface area contributed by atoms with Crippen LogP contribution in [0.1, 0.15) is 11.1 Å². The number of rotatable bonds is 1. The van der Waals surface area contributed by atoms with Crippen LogP contribution in [0.15, 0.2) is 24.3 Å². The van der Waals surface area contributed by atoms with Gasteiger partial charge >= 0.3 is 0 Å². The van der Waals surface area contributed by atoms with E-state index in [4.69, 9.17) is 0 Å². The second-order valence-corrected chi connectivity index (χ2v) is 4.82. The van der Waals surface area contributed by atoms with Gasteiger partial charge in [-0.15, -0.1) is 0 Å². The Balaban J connectivity index is 2.22. The number of H-pyrrole nitrogens is 1. The molecule has 0 aliphatic rings. The average Bonchev–Trinajstić information content (AvgIpc) is 2.79. The van der Waals surface area contributed by atoms with Crippen molar-refractivity contribution in [3.8, 4) is 11.4 Å². The number of nitrogens with zero attached hydrogens (tertiary/aromatic N) is 1. The molecule has 3 rings (SSSR count). The fourth-order valence-electron chi connectivity index (χ4n) is 2.30. The molecule has 0 saturated carbocycles. The molecule has 0 fully saturated rings. The van der Waals surface area contributed by atoms with E-state index in [0.29, 0.717) is 5.82 Å². The summed E-state index contributed by atoms with van der Waals surface area (Å²) >= 11 is 0. The van der Waals surface area contributed by atoms with Crippen LogP contribution >= 0.6 is 0 Å². The van der Waals surface area contributed by atoms with Gasteiger partial charge in [-0.3, -0.25) is 0 Å². The van der Waals surface area contributed by atoms with Gasteiger partial charge in [0, 0.05) is 5.56 Å². The Morgan fingerprint density at radius 2 is 1.60 bits per heavy atom. The van der Waals surface area contributed by atoms with Crippen LogP contribution in [0.5, 0.6) is 0 Å². The summed E-state index contributed by atoms with van der Waals surface area (Å²) in [5.74, 6) is -3.62. The smallest absolute Gasteiger partial charge is 0.194 e. The van der Waals surface area contributed by atoms with Crippen LogP contribution in [-0.2, 0) is 0 Å². The summed E-state index contributed by atoms with van der Waals surface area (Å²) in [6, 6.07) is 5.73. The zero-order valence-electron chi connectivity index (χ0n) is 10.9. The lowest BCUT2D eigenvalue weighted by Gasteiger charge is -1.99. The fraction of sp³-hybridized carbons (Fsp3) is 0.133. The Labute approximate surface area is 113 Å². The molecule has 0 aliphatic heterocycles. The van der Waals surface area contributed by atoms with Crippen LogP contribution in [0.2, 0.25) is 0 Å². The van der Waals surface area contributed by atoms with E-state index < -0.39 is 17.5 Å². The topological polar surface area (TPSA) is 28.7 Å². The molecule has 0 amide bonds. The van der Waals surface area contributed by atoms with Crippen molar-refractivity contribution in [2.75, 3.05) is 0 Å². The van der Waals surface area contributed by atoms with E-state index in [9.17, 15) is 13.2 Å². The van der Waals surface area contributed by atoms with E-state index in [-0.39, 0.29) is 5.56 Å². The van der Waals surface area contributed by atoms with E-state index >= 15 is 0 Å². The maximum absolute atomic E-state index is 13.3. The lowest BCUT2D eigenvalue weighted by Crippen LogP contribution is -1.92. The van der Waals surface area contributed by atoms with Crippen molar-refractivity contribution in [2.45, 2.75) is 13.8 Å². The third kappa shape index (κ3) is 1.95. The largest absolute Gasteiger partial charge is 0.338 e. The van der Waals surface area contributed by atoms with Gasteiger partial charge in [-0.1, -0.05) is 6.07 Å². The number of fused-ring (bicyclic) bond motifs is 1. The molecule has 20 heavy (non-hydrogen) atoms. The molecular weight excluding hydrogens is 265 g/mol. The van der Waals surface area contributed by atoms with Crippen molar-refractivity contribution in [1.29, 1.82) is 0 Å². The highest BCUT2D eigenvalue weighted by molar-refractivity contribution is 5.83. The van der Waals surface area contributed by atoms with Crippen molar-refractivity contribution < 1.29 is 13.2 Å². The normalized spacial score (nSPS) is 11.2. The SMILES string of the molecule is Cc1cc(C)c2nc(-c3cc(F)c(F)c(F)c3)[nH]c2c1. The van der Waals surface area contributed by atoms with Gasteiger partial charge in [-0.05, 0) is 43.2 Å². The summed E-state index contributed by atoms with van der Waals surface area (Å²) in [4.78, 5) is 7.32. The minimum Gasteiger partial charge on any atom is -0.338 e. The van der Waals surface area contributed by atoms with E-state index in [1.54, 1.807) is 0 Å². The Bertz CT molecular complexity index is 798. The number of aryl methyl sites for hydroxylation is 2. The number of aromatic nitrogens is 2. The first-order chi connectivity index (χ1) is 9.45. The molecule has 0 spiro atoms. The third-order valence-electron chi connectivity index (χ3n) is 3.18. The third-order valence-corrected chi connectivity index (χ3v) is 3.18. The van der Waals surface area contributed by atoms with Gasteiger partial charge in [0.15, 0.2) is 17.5 Å². The molecule has 1 N–H and O–H groups in total. The van der Waals surface area contributed by atoms with Gasteiger partial charge in [0.25, 0.3) is 0 Å².